The van der Waals surface area contributed by atoms with Crippen LogP contribution in [0, 0.1) is 0 Å². The second kappa shape index (κ2) is 8.63. The molecule has 2 aromatic carbocycles. The van der Waals surface area contributed by atoms with E-state index in [-0.39, 0.29) is 12.3 Å². The van der Waals surface area contributed by atoms with Crippen LogP contribution in [0.15, 0.2) is 53.9 Å². The van der Waals surface area contributed by atoms with Crippen molar-refractivity contribution in [1.82, 2.24) is 4.98 Å². The van der Waals surface area contributed by atoms with Gasteiger partial charge in [0, 0.05) is 16.6 Å². The highest BCUT2D eigenvalue weighted by Crippen LogP contribution is 2.26. The Morgan fingerprint density at radius 3 is 2.62 bits per heavy atom. The van der Waals surface area contributed by atoms with Gasteiger partial charge < -0.3 is 10.1 Å². The molecule has 1 amide bonds. The molecule has 3 rings (SSSR count). The number of carbonyl (C=O) groups is 1. The number of nitrogens with one attached hydrogen (secondary N) is 1. The Balaban J connectivity index is 1.65. The lowest BCUT2D eigenvalue weighted by atomic mass is 10.1. The first kappa shape index (κ1) is 18.1. The Bertz CT molecular complexity index is 872. The van der Waals surface area contributed by atoms with Crippen LogP contribution in [0.4, 0.5) is 5.69 Å². The zero-order chi connectivity index (χ0) is 18.4. The summed E-state index contributed by atoms with van der Waals surface area (Å²) in [6, 6.07) is 15.7. The maximum Gasteiger partial charge on any atom is 0.230 e. The number of hydrogen-bond donors (Lipinski definition) is 1. The molecule has 0 saturated carbocycles. The number of anilines is 1. The standard InChI is InChI=1S/C21H22N2O2S/c1-3-15-7-5-6-8-19(15)23-20(24)13-17-14-26-21(22-17)16-9-11-18(12-10-16)25-4-2/h5-12,14H,3-4,13H2,1-2H3,(H,23,24). The number of thiazole rings is 1. The van der Waals surface area contributed by atoms with Gasteiger partial charge in [-0.1, -0.05) is 25.1 Å². The molecule has 0 fully saturated rings. The zero-order valence-corrected chi connectivity index (χ0v) is 15.8. The van der Waals surface area contributed by atoms with Crippen molar-refractivity contribution in [3.8, 4) is 16.3 Å². The molecule has 0 radical (unpaired) electrons. The van der Waals surface area contributed by atoms with Crippen molar-refractivity contribution in [3.05, 3.63) is 65.2 Å². The molecule has 0 bridgehead atoms. The first-order chi connectivity index (χ1) is 12.7. The number of aromatic nitrogens is 1. The van der Waals surface area contributed by atoms with Crippen molar-refractivity contribution in [3.63, 3.8) is 0 Å². The minimum atomic E-state index is -0.0468. The van der Waals surface area contributed by atoms with Crippen LogP contribution in [0.5, 0.6) is 5.75 Å². The number of ether oxygens (including phenoxy) is 1. The summed E-state index contributed by atoms with van der Waals surface area (Å²) in [6.45, 7) is 4.69. The lowest BCUT2D eigenvalue weighted by Gasteiger charge is -2.08. The SMILES string of the molecule is CCOc1ccc(-c2nc(CC(=O)Nc3ccccc3CC)cs2)cc1. The smallest absolute Gasteiger partial charge is 0.230 e. The molecule has 4 nitrogen and oxygen atoms in total. The molecule has 0 aliphatic heterocycles. The van der Waals surface area contributed by atoms with E-state index >= 15 is 0 Å². The van der Waals surface area contributed by atoms with Crippen molar-refractivity contribution >= 4 is 22.9 Å². The van der Waals surface area contributed by atoms with E-state index in [9.17, 15) is 4.79 Å². The summed E-state index contributed by atoms with van der Waals surface area (Å²) in [5.74, 6) is 0.802. The van der Waals surface area contributed by atoms with Crippen molar-refractivity contribution in [2.75, 3.05) is 11.9 Å². The van der Waals surface area contributed by atoms with Crippen LogP contribution in [0.25, 0.3) is 10.6 Å². The van der Waals surface area contributed by atoms with Crippen molar-refractivity contribution in [1.29, 1.82) is 0 Å². The predicted molar refractivity (Wildman–Crippen MR) is 107 cm³/mol. The highest BCUT2D eigenvalue weighted by atomic mass is 32.1. The Hall–Kier alpha value is -2.66. The molecule has 134 valence electrons. The quantitative estimate of drug-likeness (QED) is 0.643. The minimum absolute atomic E-state index is 0.0468. The Labute approximate surface area is 157 Å². The maximum atomic E-state index is 12.3. The van der Waals surface area contributed by atoms with Crippen LogP contribution in [0.2, 0.25) is 0 Å². The second-order valence-corrected chi connectivity index (χ2v) is 6.70. The van der Waals surface area contributed by atoms with Gasteiger partial charge in [0.1, 0.15) is 10.8 Å². The van der Waals surface area contributed by atoms with E-state index in [1.54, 1.807) is 11.3 Å². The lowest BCUT2D eigenvalue weighted by Crippen LogP contribution is -2.15. The van der Waals surface area contributed by atoms with E-state index in [2.05, 4.69) is 17.2 Å². The normalized spacial score (nSPS) is 10.5. The third kappa shape index (κ3) is 4.49. The average molecular weight is 366 g/mol. The van der Waals surface area contributed by atoms with E-state index in [0.29, 0.717) is 6.61 Å². The van der Waals surface area contributed by atoms with Gasteiger partial charge in [0.05, 0.1) is 18.7 Å². The molecule has 1 N–H and O–H groups in total. The molecule has 0 aliphatic carbocycles. The molecule has 1 aromatic heterocycles. The highest BCUT2D eigenvalue weighted by Gasteiger charge is 2.11. The zero-order valence-electron chi connectivity index (χ0n) is 15.0. The van der Waals surface area contributed by atoms with Crippen molar-refractivity contribution in [2.24, 2.45) is 0 Å². The third-order valence-electron chi connectivity index (χ3n) is 3.98. The van der Waals surface area contributed by atoms with Gasteiger partial charge in [0.15, 0.2) is 0 Å². The number of para-hydroxylation sites is 1. The summed E-state index contributed by atoms with van der Waals surface area (Å²) in [5, 5.41) is 5.84. The Morgan fingerprint density at radius 2 is 1.88 bits per heavy atom. The summed E-state index contributed by atoms with van der Waals surface area (Å²) in [6.07, 6.45) is 1.15. The van der Waals surface area contributed by atoms with E-state index < -0.39 is 0 Å². The summed E-state index contributed by atoms with van der Waals surface area (Å²) in [5.41, 5.74) is 3.82. The number of carbonyl (C=O) groups excluding carboxylic acids is 1. The van der Waals surface area contributed by atoms with Gasteiger partial charge in [-0.25, -0.2) is 4.98 Å². The summed E-state index contributed by atoms with van der Waals surface area (Å²) >= 11 is 1.55. The highest BCUT2D eigenvalue weighted by molar-refractivity contribution is 7.13. The minimum Gasteiger partial charge on any atom is -0.494 e. The lowest BCUT2D eigenvalue weighted by molar-refractivity contribution is -0.115. The molecule has 5 heteroatoms. The first-order valence-corrected chi connectivity index (χ1v) is 9.63. The number of rotatable bonds is 7. The van der Waals surface area contributed by atoms with Crippen LogP contribution in [0.3, 0.4) is 0 Å². The van der Waals surface area contributed by atoms with Gasteiger partial charge in [0.25, 0.3) is 0 Å². The van der Waals surface area contributed by atoms with Gasteiger partial charge in [-0.3, -0.25) is 4.79 Å². The fourth-order valence-corrected chi connectivity index (χ4v) is 3.52. The van der Waals surface area contributed by atoms with Gasteiger partial charge in [-0.05, 0) is 49.2 Å². The molecular formula is C21H22N2O2S. The number of aryl methyl sites for hydroxylation is 1. The van der Waals surface area contributed by atoms with Crippen LogP contribution in [-0.2, 0) is 17.6 Å². The van der Waals surface area contributed by atoms with Crippen LogP contribution < -0.4 is 10.1 Å². The maximum absolute atomic E-state index is 12.3. The molecule has 0 aliphatic rings. The molecule has 26 heavy (non-hydrogen) atoms. The van der Waals surface area contributed by atoms with E-state index in [1.165, 1.54) is 0 Å². The molecule has 0 unspecified atom stereocenters. The average Bonchev–Trinajstić information content (AvgIpc) is 3.11. The number of hydrogen-bond acceptors (Lipinski definition) is 4. The molecule has 0 atom stereocenters. The third-order valence-corrected chi connectivity index (χ3v) is 4.92. The summed E-state index contributed by atoms with van der Waals surface area (Å²) < 4.78 is 5.46. The second-order valence-electron chi connectivity index (χ2n) is 5.84. The summed E-state index contributed by atoms with van der Waals surface area (Å²) in [4.78, 5) is 16.9. The summed E-state index contributed by atoms with van der Waals surface area (Å²) in [7, 11) is 0. The van der Waals surface area contributed by atoms with E-state index in [1.807, 2.05) is 60.8 Å². The molecule has 3 aromatic rings. The number of nitrogens with zero attached hydrogens (tertiary/aromatic N) is 1. The Morgan fingerprint density at radius 1 is 1.12 bits per heavy atom. The molecule has 0 spiro atoms. The number of amides is 1. The van der Waals surface area contributed by atoms with Gasteiger partial charge in [-0.2, -0.15) is 0 Å². The molecule has 1 heterocycles. The largest absolute Gasteiger partial charge is 0.494 e. The fourth-order valence-electron chi connectivity index (χ4n) is 2.69. The predicted octanol–water partition coefficient (Wildman–Crippen LogP) is 4.95. The van der Waals surface area contributed by atoms with Crippen molar-refractivity contribution < 1.29 is 9.53 Å². The molecule has 0 saturated heterocycles. The Kier molecular flexibility index (Phi) is 6.02. The van der Waals surface area contributed by atoms with Crippen LogP contribution >= 0.6 is 11.3 Å². The fraction of sp³-hybridized carbons (Fsp3) is 0.238. The monoisotopic (exact) mass is 366 g/mol. The van der Waals surface area contributed by atoms with Crippen molar-refractivity contribution in [2.45, 2.75) is 26.7 Å². The topological polar surface area (TPSA) is 51.2 Å². The first-order valence-electron chi connectivity index (χ1n) is 8.75. The van der Waals surface area contributed by atoms with E-state index in [4.69, 9.17) is 4.74 Å². The van der Waals surface area contributed by atoms with Crippen LogP contribution in [-0.4, -0.2) is 17.5 Å². The van der Waals surface area contributed by atoms with Gasteiger partial charge in [0.2, 0.25) is 5.91 Å². The molecular weight excluding hydrogens is 344 g/mol. The van der Waals surface area contributed by atoms with E-state index in [0.717, 1.165) is 39.7 Å². The van der Waals surface area contributed by atoms with Gasteiger partial charge >= 0.3 is 0 Å². The van der Waals surface area contributed by atoms with Crippen LogP contribution in [0.1, 0.15) is 25.1 Å². The van der Waals surface area contributed by atoms with Gasteiger partial charge in [-0.15, -0.1) is 11.3 Å². The number of benzene rings is 2.